The van der Waals surface area contributed by atoms with Crippen LogP contribution in [0.2, 0.25) is 0 Å². The van der Waals surface area contributed by atoms with E-state index in [0.717, 1.165) is 46.4 Å². The normalized spacial score (nSPS) is 14.6. The molecule has 11 heteroatoms. The largest absolute Gasteiger partial charge is 1.00 e. The quantitative estimate of drug-likeness (QED) is 0.210. The Morgan fingerprint density at radius 2 is 1.39 bits per heavy atom. The molecule has 2 heterocycles. The number of anilines is 1. The molecule has 0 unspecified atom stereocenters. The summed E-state index contributed by atoms with van der Waals surface area (Å²) < 4.78 is 58.2. The van der Waals surface area contributed by atoms with Gasteiger partial charge in [-0.05, 0) is 61.4 Å². The van der Waals surface area contributed by atoms with Crippen molar-refractivity contribution in [3.8, 4) is 0 Å². The summed E-state index contributed by atoms with van der Waals surface area (Å²) in [6.45, 7) is 14.6. The molecule has 0 fully saturated rings. The van der Waals surface area contributed by atoms with E-state index in [0.29, 0.717) is 26.2 Å². The number of aryl methyl sites for hydroxylation is 1. The van der Waals surface area contributed by atoms with Crippen LogP contribution in [-0.2, 0) is 26.6 Å². The highest BCUT2D eigenvalue weighted by molar-refractivity contribution is 7.89. The van der Waals surface area contributed by atoms with Gasteiger partial charge >= 0.3 is 0 Å². The van der Waals surface area contributed by atoms with Crippen LogP contribution in [0.3, 0.4) is 0 Å². The molecule has 8 nitrogen and oxygen atoms in total. The van der Waals surface area contributed by atoms with E-state index in [1.807, 2.05) is 82.6 Å². The molecule has 0 amide bonds. The van der Waals surface area contributed by atoms with Crippen molar-refractivity contribution >= 4 is 48.3 Å². The van der Waals surface area contributed by atoms with Crippen LogP contribution >= 0.6 is 0 Å². The summed E-state index contributed by atoms with van der Waals surface area (Å²) in [4.78, 5) is 2.64. The summed E-state index contributed by atoms with van der Waals surface area (Å²) in [5.74, 6) is 0. The summed E-state index contributed by atoms with van der Waals surface area (Å²) in [7, 11) is -7.23. The number of nitrogens with zero attached hydrogens (tertiary/aromatic N) is 4. The Morgan fingerprint density at radius 1 is 0.795 bits per heavy atom. The highest BCUT2D eigenvalue weighted by atomic mass is 127. The van der Waals surface area contributed by atoms with Gasteiger partial charge in [0.05, 0.1) is 15.2 Å². The van der Waals surface area contributed by atoms with Gasteiger partial charge in [-0.1, -0.05) is 45.9 Å². The van der Waals surface area contributed by atoms with Crippen molar-refractivity contribution in [1.82, 2.24) is 8.61 Å². The highest BCUT2D eigenvalue weighted by Gasteiger charge is 2.25. The lowest BCUT2D eigenvalue weighted by Gasteiger charge is -2.27. The average Bonchev–Trinajstić information content (AvgIpc) is 3.01. The lowest BCUT2D eigenvalue weighted by atomic mass is 9.99. The zero-order valence-electron chi connectivity index (χ0n) is 26.4. The third-order valence-electron chi connectivity index (χ3n) is 7.96. The number of rotatable bonds is 12. The molecule has 0 saturated heterocycles. The first-order valence-electron chi connectivity index (χ1n) is 15.0. The van der Waals surface area contributed by atoms with Crippen molar-refractivity contribution < 1.29 is 45.4 Å². The molecule has 0 bridgehead atoms. The number of hydrogen-bond acceptors (Lipinski definition) is 5. The lowest BCUT2D eigenvalue weighted by molar-refractivity contribution is -0.667. The molecular formula is C33H43IN4O4S2. The molecule has 1 aliphatic rings. The second-order valence-corrected chi connectivity index (χ2v) is 14.1. The van der Waals surface area contributed by atoms with Crippen molar-refractivity contribution in [1.29, 1.82) is 0 Å². The molecule has 4 rings (SSSR count). The first-order chi connectivity index (χ1) is 20.6. The summed E-state index contributed by atoms with van der Waals surface area (Å²) in [5, 5.41) is 0.844. The van der Waals surface area contributed by atoms with Gasteiger partial charge in [-0.2, -0.15) is 13.2 Å². The molecule has 238 valence electrons. The van der Waals surface area contributed by atoms with Gasteiger partial charge in [-0.3, -0.25) is 0 Å². The average molecular weight is 751 g/mol. The van der Waals surface area contributed by atoms with Crippen LogP contribution in [0.1, 0.15) is 52.7 Å². The van der Waals surface area contributed by atoms with Crippen LogP contribution < -0.4 is 33.4 Å². The molecular weight excluding hydrogens is 707 g/mol. The van der Waals surface area contributed by atoms with Gasteiger partial charge in [0.15, 0.2) is 6.20 Å². The topological polar surface area (TPSA) is 81.9 Å². The number of aromatic nitrogens is 1. The van der Waals surface area contributed by atoms with Gasteiger partial charge in [0, 0.05) is 62.3 Å². The van der Waals surface area contributed by atoms with Crippen LogP contribution in [0.25, 0.3) is 22.6 Å². The van der Waals surface area contributed by atoms with Gasteiger partial charge in [0.2, 0.25) is 25.6 Å². The molecule has 0 aliphatic carbocycles. The van der Waals surface area contributed by atoms with Crippen LogP contribution in [0.15, 0.2) is 82.9 Å². The fraction of sp³-hybridized carbons (Fsp3) is 0.364. The van der Waals surface area contributed by atoms with Crippen molar-refractivity contribution in [2.24, 2.45) is 0 Å². The fourth-order valence-electron chi connectivity index (χ4n) is 5.52. The summed E-state index contributed by atoms with van der Waals surface area (Å²) in [6.07, 6.45) is 11.9. The fourth-order valence-corrected chi connectivity index (χ4v) is 8.49. The Balaban J connectivity index is 0.00000529. The molecule has 1 aliphatic heterocycles. The molecule has 44 heavy (non-hydrogen) atoms. The van der Waals surface area contributed by atoms with E-state index in [1.54, 1.807) is 24.3 Å². The molecule has 0 saturated carbocycles. The molecule has 0 spiro atoms. The van der Waals surface area contributed by atoms with Crippen molar-refractivity contribution in [3.05, 3.63) is 84.2 Å². The zero-order chi connectivity index (χ0) is 31.4. The lowest BCUT2D eigenvalue weighted by Crippen LogP contribution is -3.00. The molecule has 0 radical (unpaired) electrons. The minimum atomic E-state index is -3.61. The monoisotopic (exact) mass is 750 g/mol. The van der Waals surface area contributed by atoms with E-state index in [-0.39, 0.29) is 33.8 Å². The SMILES string of the molecule is CCN1C=C/C(=C\C=C\c2cc[n+](CC)c3ccc(S(=O)(=O)N(CC)CC)cc23)c2cc(S(=O)(=O)N(CC)CC)ccc21.[I-]. The number of fused-ring (bicyclic) bond motifs is 2. The predicted octanol–water partition coefficient (Wildman–Crippen LogP) is 2.66. The van der Waals surface area contributed by atoms with Crippen molar-refractivity contribution in [2.75, 3.05) is 37.6 Å². The van der Waals surface area contributed by atoms with E-state index in [9.17, 15) is 16.8 Å². The summed E-state index contributed by atoms with van der Waals surface area (Å²) in [5.41, 5.74) is 4.52. The smallest absolute Gasteiger partial charge is 0.243 e. The van der Waals surface area contributed by atoms with Crippen LogP contribution in [-0.4, -0.2) is 58.2 Å². The van der Waals surface area contributed by atoms with Crippen molar-refractivity contribution in [3.63, 3.8) is 0 Å². The van der Waals surface area contributed by atoms with Crippen LogP contribution in [0, 0.1) is 0 Å². The van der Waals surface area contributed by atoms with Gasteiger partial charge in [0.25, 0.3) is 0 Å². The second kappa shape index (κ2) is 15.1. The highest BCUT2D eigenvalue weighted by Crippen LogP contribution is 2.35. The van der Waals surface area contributed by atoms with Gasteiger partial charge in [0.1, 0.15) is 6.54 Å². The minimum Gasteiger partial charge on any atom is -1.00 e. The minimum absolute atomic E-state index is 0. The molecule has 3 aromatic rings. The second-order valence-electron chi connectivity index (χ2n) is 10.2. The van der Waals surface area contributed by atoms with Crippen molar-refractivity contribution in [2.45, 2.75) is 57.9 Å². The number of sulfonamides is 2. The van der Waals surface area contributed by atoms with E-state index >= 15 is 0 Å². The molecule has 1 aromatic heterocycles. The standard InChI is InChI=1S/C33H43N4O4S2.HI/c1-7-34-22-20-26(30-24-28(16-18-32(30)34)42(38,39)36(9-3)10-4)14-13-15-27-21-23-35(8-2)33-19-17-29(25-31(27)33)43(40,41)37(11-5)12-6;/h13-25H,7-12H2,1-6H3;1H/q+1;/p-1. The zero-order valence-corrected chi connectivity index (χ0v) is 30.2. The van der Waals surface area contributed by atoms with E-state index in [2.05, 4.69) is 23.3 Å². The van der Waals surface area contributed by atoms with E-state index in [4.69, 9.17) is 0 Å². The van der Waals surface area contributed by atoms with Gasteiger partial charge in [-0.15, -0.1) is 0 Å². The Kier molecular flexibility index (Phi) is 12.3. The Morgan fingerprint density at radius 3 is 1.95 bits per heavy atom. The number of pyridine rings is 1. The van der Waals surface area contributed by atoms with E-state index in [1.165, 1.54) is 8.61 Å². The number of halogens is 1. The Labute approximate surface area is 280 Å². The molecule has 0 N–H and O–H groups in total. The van der Waals surface area contributed by atoms with Crippen LogP contribution in [0.4, 0.5) is 5.69 Å². The van der Waals surface area contributed by atoms with E-state index < -0.39 is 20.0 Å². The maximum atomic E-state index is 13.3. The molecule has 0 atom stereocenters. The Bertz CT molecular complexity index is 1790. The number of allylic oxidation sites excluding steroid dienone is 4. The maximum Gasteiger partial charge on any atom is 0.243 e. The first-order valence-corrected chi connectivity index (χ1v) is 17.9. The number of hydrogen-bond donors (Lipinski definition) is 0. The summed E-state index contributed by atoms with van der Waals surface area (Å²) >= 11 is 0. The first kappa shape index (κ1) is 35.9. The third-order valence-corrected chi connectivity index (χ3v) is 12.1. The van der Waals surface area contributed by atoms with Crippen LogP contribution in [0.5, 0.6) is 0 Å². The third kappa shape index (κ3) is 6.96. The maximum absolute atomic E-state index is 13.3. The predicted molar refractivity (Wildman–Crippen MR) is 176 cm³/mol. The Hall–Kier alpha value is -2.58. The van der Waals surface area contributed by atoms with Gasteiger partial charge < -0.3 is 28.9 Å². The molecule has 2 aromatic carbocycles. The number of benzene rings is 2. The van der Waals surface area contributed by atoms with Gasteiger partial charge in [-0.25, -0.2) is 16.8 Å². The summed E-state index contributed by atoms with van der Waals surface area (Å²) in [6, 6.07) is 12.6.